The van der Waals surface area contributed by atoms with Gasteiger partial charge in [-0.3, -0.25) is 4.68 Å². The van der Waals surface area contributed by atoms with Crippen molar-refractivity contribution in [2.75, 3.05) is 5.75 Å². The molecule has 0 aliphatic carbocycles. The summed E-state index contributed by atoms with van der Waals surface area (Å²) in [6.45, 7) is 7.20. The first kappa shape index (κ1) is 25.3. The first-order chi connectivity index (χ1) is 14.4. The van der Waals surface area contributed by atoms with Crippen molar-refractivity contribution in [2.45, 2.75) is 53.3 Å². The molecule has 0 bridgehead atoms. The van der Waals surface area contributed by atoms with Gasteiger partial charge in [0.2, 0.25) is 15.9 Å². The fourth-order valence-corrected chi connectivity index (χ4v) is 4.76. The van der Waals surface area contributed by atoms with Crippen molar-refractivity contribution in [3.63, 3.8) is 0 Å². The minimum absolute atomic E-state index is 0.119. The third-order valence-corrected chi connectivity index (χ3v) is 6.64. The van der Waals surface area contributed by atoms with Gasteiger partial charge >= 0.3 is 6.09 Å². The number of ether oxygens (including phenoxy) is 1. The summed E-state index contributed by atoms with van der Waals surface area (Å²) >= 11 is 12.2. The summed E-state index contributed by atoms with van der Waals surface area (Å²) in [6, 6.07) is 6.54. The van der Waals surface area contributed by atoms with Crippen LogP contribution in [-0.2, 0) is 23.1 Å². The van der Waals surface area contributed by atoms with Gasteiger partial charge < -0.3 is 9.84 Å². The number of aromatic nitrogens is 2. The molecule has 172 valence electrons. The molecule has 0 saturated carbocycles. The molecule has 0 fully saturated rings. The van der Waals surface area contributed by atoms with Crippen LogP contribution in [-0.4, -0.2) is 45.6 Å². The van der Waals surface area contributed by atoms with Gasteiger partial charge in [-0.1, -0.05) is 43.1 Å². The summed E-state index contributed by atoms with van der Waals surface area (Å²) < 4.78 is 32.9. The fraction of sp³-hybridized carbons (Fsp3) is 0.500. The zero-order valence-corrected chi connectivity index (χ0v) is 20.2. The molecule has 0 aliphatic heterocycles. The average Bonchev–Trinajstić information content (AvgIpc) is 3.00. The maximum absolute atomic E-state index is 12.7. The van der Waals surface area contributed by atoms with Crippen LogP contribution < -0.4 is 4.74 Å². The van der Waals surface area contributed by atoms with E-state index in [9.17, 15) is 18.3 Å². The van der Waals surface area contributed by atoms with Crippen molar-refractivity contribution in [2.24, 2.45) is 5.92 Å². The Kier molecular flexibility index (Phi) is 8.62. The molecule has 1 N–H and O–H groups in total. The van der Waals surface area contributed by atoms with E-state index in [4.69, 9.17) is 27.9 Å². The van der Waals surface area contributed by atoms with Crippen LogP contribution >= 0.6 is 23.2 Å². The Bertz CT molecular complexity index is 1020. The maximum atomic E-state index is 12.7. The number of nitrogens with zero attached hydrogens (tertiary/aromatic N) is 3. The van der Waals surface area contributed by atoms with Crippen molar-refractivity contribution in [3.8, 4) is 5.88 Å². The molecule has 1 amide bonds. The highest BCUT2D eigenvalue weighted by Gasteiger charge is 2.29. The van der Waals surface area contributed by atoms with Crippen LogP contribution in [0.25, 0.3) is 0 Å². The molecule has 1 aromatic heterocycles. The van der Waals surface area contributed by atoms with E-state index in [1.165, 1.54) is 10.7 Å². The van der Waals surface area contributed by atoms with Gasteiger partial charge in [0.05, 0.1) is 30.6 Å². The molecule has 0 unspecified atom stereocenters. The maximum Gasteiger partial charge on any atom is 0.421 e. The number of amides is 1. The van der Waals surface area contributed by atoms with E-state index in [0.29, 0.717) is 32.0 Å². The quantitative estimate of drug-likeness (QED) is 0.507. The van der Waals surface area contributed by atoms with Crippen LogP contribution in [0.5, 0.6) is 5.88 Å². The minimum Gasteiger partial charge on any atom is -0.474 e. The van der Waals surface area contributed by atoms with E-state index in [1.54, 1.807) is 18.2 Å². The SMILES string of the molecule is CC(C)CCS(=O)(=O)N(Cc1cc(OC(C)C)nn1Cc1ccc(Cl)cc1Cl)C(=O)O. The highest BCUT2D eigenvalue weighted by Crippen LogP contribution is 2.24. The van der Waals surface area contributed by atoms with Crippen LogP contribution in [0.1, 0.15) is 45.4 Å². The predicted molar refractivity (Wildman–Crippen MR) is 120 cm³/mol. The van der Waals surface area contributed by atoms with Crippen LogP contribution in [0.4, 0.5) is 4.79 Å². The average molecular weight is 492 g/mol. The second-order valence-corrected chi connectivity index (χ2v) is 10.7. The lowest BCUT2D eigenvalue weighted by atomic mass is 10.2. The summed E-state index contributed by atoms with van der Waals surface area (Å²) in [5, 5.41) is 14.9. The van der Waals surface area contributed by atoms with Crippen molar-refractivity contribution in [1.82, 2.24) is 14.1 Å². The molecule has 31 heavy (non-hydrogen) atoms. The molecule has 2 rings (SSSR count). The van der Waals surface area contributed by atoms with Crippen molar-refractivity contribution in [1.29, 1.82) is 0 Å². The molecule has 0 aliphatic rings. The second-order valence-electron chi connectivity index (χ2n) is 7.82. The lowest BCUT2D eigenvalue weighted by molar-refractivity contribution is 0.170. The predicted octanol–water partition coefficient (Wildman–Crippen LogP) is 4.88. The van der Waals surface area contributed by atoms with Crippen LogP contribution in [0.3, 0.4) is 0 Å². The first-order valence-corrected chi connectivity index (χ1v) is 12.2. The van der Waals surface area contributed by atoms with Gasteiger partial charge in [-0.25, -0.2) is 13.2 Å². The molecule has 0 atom stereocenters. The number of sulfonamides is 1. The number of rotatable bonds is 10. The Morgan fingerprint density at radius 1 is 1.23 bits per heavy atom. The molecule has 0 saturated heterocycles. The first-order valence-electron chi connectivity index (χ1n) is 9.79. The van der Waals surface area contributed by atoms with Gasteiger partial charge in [-0.15, -0.1) is 5.10 Å². The van der Waals surface area contributed by atoms with Gasteiger partial charge in [-0.05, 0) is 43.9 Å². The number of hydrogen-bond donors (Lipinski definition) is 1. The standard InChI is InChI=1S/C20H27Cl2N3O5S/c1-13(2)7-8-31(28,29)25(20(26)27)12-17-10-19(30-14(3)4)23-24(17)11-15-5-6-16(21)9-18(15)22/h5-6,9-10,13-14H,7-8,11-12H2,1-4H3,(H,26,27). The van der Waals surface area contributed by atoms with E-state index in [2.05, 4.69) is 5.10 Å². The van der Waals surface area contributed by atoms with Gasteiger partial charge in [0.15, 0.2) is 0 Å². The van der Waals surface area contributed by atoms with Crippen LogP contribution in [0.15, 0.2) is 24.3 Å². The molecule has 8 nitrogen and oxygen atoms in total. The smallest absolute Gasteiger partial charge is 0.421 e. The molecule has 11 heteroatoms. The largest absolute Gasteiger partial charge is 0.474 e. The highest BCUT2D eigenvalue weighted by atomic mass is 35.5. The van der Waals surface area contributed by atoms with Crippen molar-refractivity contribution < 1.29 is 23.1 Å². The van der Waals surface area contributed by atoms with E-state index >= 15 is 0 Å². The third kappa shape index (κ3) is 7.29. The summed E-state index contributed by atoms with van der Waals surface area (Å²) in [7, 11) is -4.02. The number of carbonyl (C=O) groups is 1. The number of hydrogen-bond acceptors (Lipinski definition) is 5. The van der Waals surface area contributed by atoms with Crippen LogP contribution in [0.2, 0.25) is 10.0 Å². The van der Waals surface area contributed by atoms with Crippen molar-refractivity contribution in [3.05, 3.63) is 45.6 Å². The number of carboxylic acid groups (broad SMARTS) is 1. The second kappa shape index (κ2) is 10.6. The zero-order chi connectivity index (χ0) is 23.3. The monoisotopic (exact) mass is 491 g/mol. The lowest BCUT2D eigenvalue weighted by Gasteiger charge is -2.20. The van der Waals surface area contributed by atoms with Gasteiger partial charge in [-0.2, -0.15) is 4.31 Å². The van der Waals surface area contributed by atoms with Gasteiger partial charge in [0.25, 0.3) is 0 Å². The Hall–Kier alpha value is -1.97. The van der Waals surface area contributed by atoms with Gasteiger partial charge in [0, 0.05) is 16.1 Å². The number of benzene rings is 1. The van der Waals surface area contributed by atoms with E-state index in [1.807, 2.05) is 27.7 Å². The lowest BCUT2D eigenvalue weighted by Crippen LogP contribution is -2.37. The summed E-state index contributed by atoms with van der Waals surface area (Å²) in [6.07, 6.45) is -1.36. The summed E-state index contributed by atoms with van der Waals surface area (Å²) in [5.41, 5.74) is 1.05. The van der Waals surface area contributed by atoms with Gasteiger partial charge in [0.1, 0.15) is 0 Å². The molecule has 0 radical (unpaired) electrons. The fourth-order valence-electron chi connectivity index (χ4n) is 2.73. The third-order valence-electron chi connectivity index (χ3n) is 4.34. The highest BCUT2D eigenvalue weighted by molar-refractivity contribution is 7.89. The molecule has 1 aromatic carbocycles. The topological polar surface area (TPSA) is 102 Å². The molecule has 2 aromatic rings. The van der Waals surface area contributed by atoms with Crippen molar-refractivity contribution >= 4 is 39.3 Å². The minimum atomic E-state index is -4.02. The van der Waals surface area contributed by atoms with E-state index in [0.717, 1.165) is 0 Å². The normalized spacial score (nSPS) is 11.9. The summed E-state index contributed by atoms with van der Waals surface area (Å²) in [4.78, 5) is 11.8. The Morgan fingerprint density at radius 2 is 1.90 bits per heavy atom. The van der Waals surface area contributed by atoms with E-state index in [-0.39, 0.29) is 30.2 Å². The molecule has 1 heterocycles. The van der Waals surface area contributed by atoms with Crippen LogP contribution in [0, 0.1) is 5.92 Å². The molecule has 0 spiro atoms. The Labute approximate surface area is 192 Å². The van der Waals surface area contributed by atoms with E-state index < -0.39 is 22.7 Å². The summed E-state index contributed by atoms with van der Waals surface area (Å²) in [5.74, 6) is 0.123. The Morgan fingerprint density at radius 3 is 2.45 bits per heavy atom. The zero-order valence-electron chi connectivity index (χ0n) is 17.9. The Balaban J connectivity index is 2.39. The molecular formula is C20H27Cl2N3O5S. The molecular weight excluding hydrogens is 465 g/mol. The number of halogens is 2.